The lowest BCUT2D eigenvalue weighted by atomic mass is 10.2. The number of amides is 3. The largest absolute Gasteiger partial charge is 0.444 e. The predicted molar refractivity (Wildman–Crippen MR) is 119 cm³/mol. The molecular formula is C22H26BrN3O4. The molecule has 0 radical (unpaired) electrons. The van der Waals surface area contributed by atoms with Crippen LogP contribution in [0.1, 0.15) is 43.1 Å². The van der Waals surface area contributed by atoms with E-state index in [0.717, 1.165) is 10.0 Å². The monoisotopic (exact) mass is 475 g/mol. The van der Waals surface area contributed by atoms with Crippen LogP contribution in [0.2, 0.25) is 0 Å². The van der Waals surface area contributed by atoms with Gasteiger partial charge in [0.05, 0.1) is 0 Å². The third-order valence-electron chi connectivity index (χ3n) is 3.83. The number of hydrogen-bond donors (Lipinski definition) is 3. The normalized spacial score (nSPS) is 10.8. The number of carbonyl (C=O) groups is 3. The zero-order chi connectivity index (χ0) is 22.1. The van der Waals surface area contributed by atoms with E-state index < -0.39 is 11.7 Å². The Morgan fingerprint density at radius 1 is 0.933 bits per heavy atom. The van der Waals surface area contributed by atoms with Crippen LogP contribution >= 0.6 is 15.9 Å². The van der Waals surface area contributed by atoms with Crippen molar-refractivity contribution < 1.29 is 19.1 Å². The van der Waals surface area contributed by atoms with Gasteiger partial charge in [0.2, 0.25) is 5.91 Å². The van der Waals surface area contributed by atoms with Gasteiger partial charge in [-0.25, -0.2) is 4.79 Å². The van der Waals surface area contributed by atoms with Gasteiger partial charge in [0, 0.05) is 35.2 Å². The number of anilines is 1. The standard InChI is InChI=1S/C22H26BrN3O4/c1-22(2,3)30-21(29)24-13-12-19(27)25-14-15-4-10-18(11-5-15)26-20(28)16-6-8-17(23)9-7-16/h4-11H,12-14H2,1-3H3,(H,24,29)(H,25,27)(H,26,28). The van der Waals surface area contributed by atoms with Gasteiger partial charge in [-0.2, -0.15) is 0 Å². The van der Waals surface area contributed by atoms with Crippen LogP contribution in [0.3, 0.4) is 0 Å². The highest BCUT2D eigenvalue weighted by atomic mass is 79.9. The summed E-state index contributed by atoms with van der Waals surface area (Å²) >= 11 is 3.34. The summed E-state index contributed by atoms with van der Waals surface area (Å²) in [5.41, 5.74) is 1.55. The lowest BCUT2D eigenvalue weighted by molar-refractivity contribution is -0.121. The van der Waals surface area contributed by atoms with E-state index in [1.54, 1.807) is 45.0 Å². The van der Waals surface area contributed by atoms with Crippen LogP contribution in [-0.2, 0) is 16.1 Å². The van der Waals surface area contributed by atoms with Gasteiger partial charge >= 0.3 is 6.09 Å². The number of carbonyl (C=O) groups excluding carboxylic acids is 3. The fourth-order valence-electron chi connectivity index (χ4n) is 2.39. The minimum absolute atomic E-state index is 0.153. The molecular weight excluding hydrogens is 450 g/mol. The molecule has 0 aliphatic heterocycles. The smallest absolute Gasteiger partial charge is 0.407 e. The van der Waals surface area contributed by atoms with E-state index in [1.165, 1.54) is 0 Å². The first kappa shape index (κ1) is 23.4. The average molecular weight is 476 g/mol. The van der Waals surface area contributed by atoms with Gasteiger partial charge in [0.1, 0.15) is 5.60 Å². The molecule has 0 aromatic heterocycles. The molecule has 0 unspecified atom stereocenters. The summed E-state index contributed by atoms with van der Waals surface area (Å²) in [6.07, 6.45) is -0.392. The molecule has 0 aliphatic carbocycles. The molecule has 0 atom stereocenters. The number of rotatable bonds is 7. The second kappa shape index (κ2) is 10.8. The lowest BCUT2D eigenvalue weighted by Gasteiger charge is -2.19. The van der Waals surface area contributed by atoms with E-state index in [1.807, 2.05) is 24.3 Å². The number of halogens is 1. The summed E-state index contributed by atoms with van der Waals surface area (Å²) < 4.78 is 6.02. The van der Waals surface area contributed by atoms with E-state index in [0.29, 0.717) is 17.8 Å². The Kier molecular flexibility index (Phi) is 8.41. The van der Waals surface area contributed by atoms with Gasteiger partial charge in [-0.05, 0) is 62.7 Å². The van der Waals surface area contributed by atoms with Crippen molar-refractivity contribution >= 4 is 39.5 Å². The van der Waals surface area contributed by atoms with Crippen LogP contribution in [0.5, 0.6) is 0 Å². The van der Waals surface area contributed by atoms with Gasteiger partial charge in [-0.3, -0.25) is 9.59 Å². The molecule has 2 rings (SSSR count). The molecule has 0 aliphatic rings. The van der Waals surface area contributed by atoms with Crippen molar-refractivity contribution in [3.63, 3.8) is 0 Å². The maximum atomic E-state index is 12.2. The molecule has 8 heteroatoms. The molecule has 0 saturated carbocycles. The van der Waals surface area contributed by atoms with Crippen LogP contribution in [0, 0.1) is 0 Å². The summed E-state index contributed by atoms with van der Waals surface area (Å²) in [7, 11) is 0. The molecule has 0 fully saturated rings. The molecule has 7 nitrogen and oxygen atoms in total. The highest BCUT2D eigenvalue weighted by molar-refractivity contribution is 9.10. The van der Waals surface area contributed by atoms with Crippen molar-refractivity contribution in [3.05, 3.63) is 64.1 Å². The highest BCUT2D eigenvalue weighted by Gasteiger charge is 2.15. The van der Waals surface area contributed by atoms with Crippen molar-refractivity contribution in [1.82, 2.24) is 10.6 Å². The maximum Gasteiger partial charge on any atom is 0.407 e. The van der Waals surface area contributed by atoms with E-state index in [9.17, 15) is 14.4 Å². The molecule has 0 spiro atoms. The quantitative estimate of drug-likeness (QED) is 0.557. The fraction of sp³-hybridized carbons (Fsp3) is 0.318. The van der Waals surface area contributed by atoms with Crippen LogP contribution in [0.15, 0.2) is 53.0 Å². The Morgan fingerprint density at radius 3 is 2.17 bits per heavy atom. The Hall–Kier alpha value is -2.87. The summed E-state index contributed by atoms with van der Waals surface area (Å²) in [5, 5.41) is 8.17. The number of hydrogen-bond acceptors (Lipinski definition) is 4. The van der Waals surface area contributed by atoms with Gasteiger partial charge in [0.25, 0.3) is 5.91 Å². The highest BCUT2D eigenvalue weighted by Crippen LogP contribution is 2.14. The van der Waals surface area contributed by atoms with E-state index >= 15 is 0 Å². The van der Waals surface area contributed by atoms with Crippen LogP contribution in [0.4, 0.5) is 10.5 Å². The average Bonchev–Trinajstić information content (AvgIpc) is 2.66. The zero-order valence-corrected chi connectivity index (χ0v) is 18.8. The van der Waals surface area contributed by atoms with E-state index in [2.05, 4.69) is 31.9 Å². The summed E-state index contributed by atoms with van der Waals surface area (Å²) in [4.78, 5) is 35.7. The topological polar surface area (TPSA) is 96.5 Å². The van der Waals surface area contributed by atoms with E-state index in [4.69, 9.17) is 4.74 Å². The molecule has 160 valence electrons. The van der Waals surface area contributed by atoms with Crippen molar-refractivity contribution in [2.24, 2.45) is 0 Å². The van der Waals surface area contributed by atoms with Crippen LogP contribution in [0.25, 0.3) is 0 Å². The molecule has 0 heterocycles. The minimum atomic E-state index is -0.573. The summed E-state index contributed by atoms with van der Waals surface area (Å²) in [6.45, 7) is 5.87. The molecule has 0 bridgehead atoms. The Bertz CT molecular complexity index is 875. The van der Waals surface area contributed by atoms with Crippen molar-refractivity contribution in [2.75, 3.05) is 11.9 Å². The molecule has 3 amide bonds. The number of nitrogens with one attached hydrogen (secondary N) is 3. The van der Waals surface area contributed by atoms with Crippen molar-refractivity contribution in [1.29, 1.82) is 0 Å². The fourth-order valence-corrected chi connectivity index (χ4v) is 2.66. The Labute approximate surface area is 184 Å². The van der Waals surface area contributed by atoms with Gasteiger partial charge < -0.3 is 20.7 Å². The van der Waals surface area contributed by atoms with Crippen molar-refractivity contribution in [3.8, 4) is 0 Å². The molecule has 2 aromatic rings. The van der Waals surface area contributed by atoms with Crippen LogP contribution in [-0.4, -0.2) is 30.1 Å². The summed E-state index contributed by atoms with van der Waals surface area (Å²) in [5.74, 6) is -0.375. The number of alkyl carbamates (subject to hydrolysis) is 1. The third-order valence-corrected chi connectivity index (χ3v) is 4.36. The van der Waals surface area contributed by atoms with Gasteiger partial charge in [0.15, 0.2) is 0 Å². The first-order valence-electron chi connectivity index (χ1n) is 9.52. The van der Waals surface area contributed by atoms with Crippen molar-refractivity contribution in [2.45, 2.75) is 39.3 Å². The predicted octanol–water partition coefficient (Wildman–Crippen LogP) is 4.23. The molecule has 30 heavy (non-hydrogen) atoms. The molecule has 2 aromatic carbocycles. The molecule has 3 N–H and O–H groups in total. The third kappa shape index (κ3) is 8.65. The first-order valence-corrected chi connectivity index (χ1v) is 10.3. The van der Waals surface area contributed by atoms with Crippen LogP contribution < -0.4 is 16.0 Å². The van der Waals surface area contributed by atoms with Gasteiger partial charge in [-0.15, -0.1) is 0 Å². The first-order chi connectivity index (χ1) is 14.1. The number of ether oxygens (including phenoxy) is 1. The Balaban J connectivity index is 1.72. The Morgan fingerprint density at radius 2 is 1.57 bits per heavy atom. The van der Waals surface area contributed by atoms with E-state index in [-0.39, 0.29) is 24.8 Å². The van der Waals surface area contributed by atoms with Gasteiger partial charge in [-0.1, -0.05) is 28.1 Å². The molecule has 0 saturated heterocycles. The second-order valence-electron chi connectivity index (χ2n) is 7.61. The lowest BCUT2D eigenvalue weighted by Crippen LogP contribution is -2.35. The minimum Gasteiger partial charge on any atom is -0.444 e. The maximum absolute atomic E-state index is 12.2. The zero-order valence-electron chi connectivity index (χ0n) is 17.3. The SMILES string of the molecule is CC(C)(C)OC(=O)NCCC(=O)NCc1ccc(NC(=O)c2ccc(Br)cc2)cc1. The number of benzene rings is 2. The summed E-state index contributed by atoms with van der Waals surface area (Å²) in [6, 6.07) is 14.3. The second-order valence-corrected chi connectivity index (χ2v) is 8.53.